The molecule has 0 aliphatic rings. The summed E-state index contributed by atoms with van der Waals surface area (Å²) in [6.45, 7) is 0.120. The lowest BCUT2D eigenvalue weighted by Crippen LogP contribution is -2.35. The predicted molar refractivity (Wildman–Crippen MR) is 61.4 cm³/mol. The number of halogens is 1. The van der Waals surface area contributed by atoms with Crippen molar-refractivity contribution < 1.29 is 4.39 Å². The van der Waals surface area contributed by atoms with Gasteiger partial charge in [-0.25, -0.2) is 4.39 Å². The van der Waals surface area contributed by atoms with Crippen LogP contribution >= 0.6 is 0 Å². The van der Waals surface area contributed by atoms with Crippen LogP contribution < -0.4 is 0 Å². The second-order valence-electron chi connectivity index (χ2n) is 3.62. The van der Waals surface area contributed by atoms with Crippen molar-refractivity contribution in [2.24, 2.45) is 0 Å². The predicted octanol–water partition coefficient (Wildman–Crippen LogP) is 2.13. The van der Waals surface area contributed by atoms with Crippen LogP contribution in [0.25, 0.3) is 0 Å². The highest BCUT2D eigenvalue weighted by Crippen LogP contribution is 2.08. The number of alkyl halides is 1. The van der Waals surface area contributed by atoms with Crippen LogP contribution in [0, 0.1) is 12.3 Å². The molecule has 0 radical (unpaired) electrons. The lowest BCUT2D eigenvalue weighted by atomic mass is 10.1. The van der Waals surface area contributed by atoms with Gasteiger partial charge in [0.05, 0.1) is 6.54 Å². The van der Waals surface area contributed by atoms with Gasteiger partial charge in [0, 0.05) is 6.04 Å². The van der Waals surface area contributed by atoms with Gasteiger partial charge in [-0.2, -0.15) is 0 Å². The smallest absolute Gasteiger partial charge is 0.105 e. The first kappa shape index (κ1) is 11.7. The van der Waals surface area contributed by atoms with E-state index >= 15 is 0 Å². The largest absolute Gasteiger partial charge is 0.289 e. The second kappa shape index (κ2) is 6.21. The Kier molecular flexibility index (Phi) is 4.86. The van der Waals surface area contributed by atoms with E-state index in [4.69, 9.17) is 6.42 Å². The number of nitrogens with zero attached hydrogens (tertiary/aromatic N) is 1. The van der Waals surface area contributed by atoms with E-state index in [1.54, 1.807) is 0 Å². The van der Waals surface area contributed by atoms with E-state index in [-0.39, 0.29) is 12.7 Å². The number of hydrogen-bond acceptors (Lipinski definition) is 1. The maximum atomic E-state index is 12.8. The zero-order valence-electron chi connectivity index (χ0n) is 8.99. The molecular formula is C13H16FN. The molecule has 1 aromatic rings. The van der Waals surface area contributed by atoms with Crippen molar-refractivity contribution in [1.82, 2.24) is 4.90 Å². The van der Waals surface area contributed by atoms with Gasteiger partial charge >= 0.3 is 0 Å². The Labute approximate surface area is 90.9 Å². The average molecular weight is 204 g/mol. The highest BCUT2D eigenvalue weighted by molar-refractivity contribution is 5.16. The summed E-state index contributed by atoms with van der Waals surface area (Å²) in [5, 5.41) is 0. The van der Waals surface area contributed by atoms with Gasteiger partial charge in [0.25, 0.3) is 0 Å². The first-order valence-corrected chi connectivity index (χ1v) is 5.01. The molecule has 15 heavy (non-hydrogen) atoms. The summed E-state index contributed by atoms with van der Waals surface area (Å²) in [5.74, 6) is 2.53. The molecular weight excluding hydrogens is 188 g/mol. The number of hydrogen-bond donors (Lipinski definition) is 0. The van der Waals surface area contributed by atoms with Crippen molar-refractivity contribution in [3.05, 3.63) is 35.9 Å². The van der Waals surface area contributed by atoms with Gasteiger partial charge in [-0.05, 0) is 19.0 Å². The molecule has 1 nitrogen and oxygen atoms in total. The topological polar surface area (TPSA) is 3.24 Å². The number of terminal acetylenes is 1. The molecule has 0 aromatic heterocycles. The highest BCUT2D eigenvalue weighted by atomic mass is 18.2. The standard InChI is InChI=1S/C13H16FN/c1-3-9-15(2)13(11-14)10-12-7-5-4-6-8-12/h1,4-8,13H,9-11H2,2H3/t13-/m0/s1/i14-1. The first-order valence-electron chi connectivity index (χ1n) is 5.01. The third kappa shape index (κ3) is 3.73. The van der Waals surface area contributed by atoms with Gasteiger partial charge in [-0.1, -0.05) is 36.3 Å². The van der Waals surface area contributed by atoms with Crippen molar-refractivity contribution in [1.29, 1.82) is 0 Å². The highest BCUT2D eigenvalue weighted by Gasteiger charge is 2.13. The minimum Gasteiger partial charge on any atom is -0.289 e. The number of benzene rings is 1. The van der Waals surface area contributed by atoms with Crippen LogP contribution in [0.2, 0.25) is 0 Å². The summed E-state index contributed by atoms with van der Waals surface area (Å²) >= 11 is 0. The molecule has 0 N–H and O–H groups in total. The van der Waals surface area contributed by atoms with Crippen LogP contribution in [0.15, 0.2) is 30.3 Å². The quantitative estimate of drug-likeness (QED) is 0.664. The molecule has 1 aromatic carbocycles. The molecule has 1 atom stereocenters. The van der Waals surface area contributed by atoms with Crippen LogP contribution in [-0.4, -0.2) is 31.2 Å². The molecule has 80 valence electrons. The van der Waals surface area contributed by atoms with E-state index in [1.165, 1.54) is 0 Å². The van der Waals surface area contributed by atoms with Crippen molar-refractivity contribution in [2.45, 2.75) is 12.5 Å². The van der Waals surface area contributed by atoms with E-state index in [9.17, 15) is 4.39 Å². The lowest BCUT2D eigenvalue weighted by Gasteiger charge is -2.23. The Morgan fingerprint density at radius 2 is 2.07 bits per heavy atom. The fourth-order valence-electron chi connectivity index (χ4n) is 1.49. The molecule has 0 fully saturated rings. The third-order valence-electron chi connectivity index (χ3n) is 2.46. The van der Waals surface area contributed by atoms with E-state index in [1.807, 2.05) is 42.3 Å². The Morgan fingerprint density at radius 3 is 2.60 bits per heavy atom. The molecule has 0 bridgehead atoms. The fraction of sp³-hybridized carbons (Fsp3) is 0.385. The Bertz CT molecular complexity index is 315. The summed E-state index contributed by atoms with van der Waals surface area (Å²) < 4.78 is 12.8. The zero-order valence-corrected chi connectivity index (χ0v) is 8.99. The van der Waals surface area contributed by atoms with E-state index < -0.39 is 0 Å². The van der Waals surface area contributed by atoms with Crippen molar-refractivity contribution in [3.8, 4) is 12.3 Å². The zero-order chi connectivity index (χ0) is 11.1. The molecule has 2 heteroatoms. The average Bonchev–Trinajstić information content (AvgIpc) is 2.27. The maximum Gasteiger partial charge on any atom is 0.105 e. The SMILES string of the molecule is C#CCN(C)[C@H](C[18F])Cc1ccccc1. The van der Waals surface area contributed by atoms with Crippen LogP contribution in [0.4, 0.5) is 4.39 Å². The summed E-state index contributed by atoms with van der Waals surface area (Å²) in [6, 6.07) is 9.78. The van der Waals surface area contributed by atoms with E-state index in [0.29, 0.717) is 13.0 Å². The summed E-state index contributed by atoms with van der Waals surface area (Å²) in [7, 11) is 1.85. The Hall–Kier alpha value is -1.33. The van der Waals surface area contributed by atoms with Gasteiger partial charge in [0.2, 0.25) is 0 Å². The molecule has 0 saturated heterocycles. The lowest BCUT2D eigenvalue weighted by molar-refractivity contribution is 0.220. The fourth-order valence-corrected chi connectivity index (χ4v) is 1.49. The van der Waals surface area contributed by atoms with Crippen LogP contribution in [0.1, 0.15) is 5.56 Å². The van der Waals surface area contributed by atoms with Gasteiger partial charge in [-0.3, -0.25) is 4.90 Å². The third-order valence-corrected chi connectivity index (χ3v) is 2.46. The van der Waals surface area contributed by atoms with E-state index in [2.05, 4.69) is 5.92 Å². The van der Waals surface area contributed by atoms with Gasteiger partial charge < -0.3 is 0 Å². The monoisotopic (exact) mass is 204 g/mol. The van der Waals surface area contributed by atoms with Crippen LogP contribution in [0.3, 0.4) is 0 Å². The van der Waals surface area contributed by atoms with Gasteiger partial charge in [0.15, 0.2) is 0 Å². The molecule has 0 spiro atoms. The van der Waals surface area contributed by atoms with Crippen LogP contribution in [0.5, 0.6) is 0 Å². The van der Waals surface area contributed by atoms with Crippen LogP contribution in [-0.2, 0) is 6.42 Å². The molecule has 0 amide bonds. The molecule has 0 aliphatic heterocycles. The van der Waals surface area contributed by atoms with Gasteiger partial charge in [0.1, 0.15) is 6.67 Å². The molecule has 0 saturated carbocycles. The Balaban J connectivity index is 2.58. The molecule has 0 aliphatic carbocycles. The van der Waals surface area contributed by atoms with E-state index in [0.717, 1.165) is 5.56 Å². The molecule has 0 unspecified atom stereocenters. The normalized spacial score (nSPS) is 12.4. The molecule has 1 rings (SSSR count). The summed E-state index contributed by atoms with van der Waals surface area (Å²) in [5.41, 5.74) is 1.14. The van der Waals surface area contributed by atoms with Gasteiger partial charge in [-0.15, -0.1) is 6.42 Å². The Morgan fingerprint density at radius 1 is 1.40 bits per heavy atom. The van der Waals surface area contributed by atoms with Crippen molar-refractivity contribution >= 4 is 0 Å². The van der Waals surface area contributed by atoms with Crippen molar-refractivity contribution in [2.75, 3.05) is 20.3 Å². The minimum absolute atomic E-state index is 0.122. The number of rotatable bonds is 5. The maximum absolute atomic E-state index is 12.8. The minimum atomic E-state index is -0.368. The van der Waals surface area contributed by atoms with Crippen molar-refractivity contribution in [3.63, 3.8) is 0 Å². The number of likely N-dealkylation sites (N-methyl/N-ethyl adjacent to an activating group) is 1. The second-order valence-corrected chi connectivity index (χ2v) is 3.62. The summed E-state index contributed by atoms with van der Waals surface area (Å²) in [4.78, 5) is 1.87. The summed E-state index contributed by atoms with van der Waals surface area (Å²) in [6.07, 6.45) is 5.91. The molecule has 0 heterocycles. The first-order chi connectivity index (χ1) is 7.27.